The molecule has 0 aliphatic rings. The molecule has 3 rings (SSSR count). The van der Waals surface area contributed by atoms with Crippen LogP contribution in [0.1, 0.15) is 11.1 Å². The lowest BCUT2D eigenvalue weighted by Crippen LogP contribution is -2.32. The Morgan fingerprint density at radius 3 is 2.34 bits per heavy atom. The van der Waals surface area contributed by atoms with Crippen LogP contribution < -0.4 is 15.5 Å². The highest BCUT2D eigenvalue weighted by Gasteiger charge is 2.15. The van der Waals surface area contributed by atoms with E-state index >= 15 is 0 Å². The number of hydrogen-bond donors (Lipinski definition) is 2. The second kappa shape index (κ2) is 11.2. The van der Waals surface area contributed by atoms with Crippen LogP contribution in [0.15, 0.2) is 65.8 Å². The zero-order valence-electron chi connectivity index (χ0n) is 16.2. The highest BCUT2D eigenvalue weighted by Crippen LogP contribution is 2.29. The molecule has 3 aromatic carbocycles. The van der Waals surface area contributed by atoms with Crippen LogP contribution in [-0.4, -0.2) is 18.0 Å². The molecule has 0 atom stereocenters. The van der Waals surface area contributed by atoms with Crippen molar-refractivity contribution in [3.8, 4) is 5.75 Å². The van der Waals surface area contributed by atoms with E-state index in [-0.39, 0.29) is 15.7 Å². The third-order valence-electron chi connectivity index (χ3n) is 4.06. The molecule has 0 unspecified atom stereocenters. The molecule has 32 heavy (non-hydrogen) atoms. The van der Waals surface area contributed by atoms with Crippen LogP contribution in [0, 0.1) is 0 Å². The average molecular weight is 511 g/mol. The number of hydrogen-bond acceptors (Lipinski definition) is 4. The van der Waals surface area contributed by atoms with Crippen LogP contribution in [0.3, 0.4) is 0 Å². The summed E-state index contributed by atoms with van der Waals surface area (Å²) >= 11 is 23.7. The van der Waals surface area contributed by atoms with E-state index in [1.807, 2.05) is 6.07 Å². The van der Waals surface area contributed by atoms with E-state index < -0.39 is 11.8 Å². The van der Waals surface area contributed by atoms with Gasteiger partial charge in [-0.1, -0.05) is 58.5 Å². The molecule has 0 fully saturated rings. The Labute approximate surface area is 204 Å². The maximum absolute atomic E-state index is 12.0. The number of ether oxygens (including phenoxy) is 1. The van der Waals surface area contributed by atoms with Crippen LogP contribution in [0.2, 0.25) is 20.1 Å². The minimum Gasteiger partial charge on any atom is -0.489 e. The Bertz CT molecular complexity index is 1170. The zero-order valence-corrected chi connectivity index (χ0v) is 19.3. The molecule has 0 aromatic heterocycles. The molecule has 0 aliphatic heterocycles. The van der Waals surface area contributed by atoms with E-state index in [1.165, 1.54) is 12.3 Å². The fraction of sp³-hybridized carbons (Fsp3) is 0.0455. The smallest absolute Gasteiger partial charge is 0.329 e. The van der Waals surface area contributed by atoms with Crippen molar-refractivity contribution >= 4 is 70.1 Å². The van der Waals surface area contributed by atoms with Crippen LogP contribution in [-0.2, 0) is 16.2 Å². The predicted octanol–water partition coefficient (Wildman–Crippen LogP) is 5.97. The van der Waals surface area contributed by atoms with Crippen LogP contribution in [0.5, 0.6) is 5.75 Å². The summed E-state index contributed by atoms with van der Waals surface area (Å²) in [5.41, 5.74) is 3.93. The van der Waals surface area contributed by atoms with Gasteiger partial charge in [0.25, 0.3) is 0 Å². The molecule has 2 amide bonds. The maximum Gasteiger partial charge on any atom is 0.329 e. The molecule has 6 nitrogen and oxygen atoms in total. The van der Waals surface area contributed by atoms with E-state index in [1.54, 1.807) is 48.5 Å². The topological polar surface area (TPSA) is 79.8 Å². The van der Waals surface area contributed by atoms with E-state index in [0.717, 1.165) is 5.56 Å². The van der Waals surface area contributed by atoms with Gasteiger partial charge in [0.15, 0.2) is 0 Å². The van der Waals surface area contributed by atoms with Gasteiger partial charge < -0.3 is 10.1 Å². The highest BCUT2D eigenvalue weighted by molar-refractivity contribution is 6.45. The lowest BCUT2D eigenvalue weighted by Gasteiger charge is -2.07. The number of benzene rings is 3. The van der Waals surface area contributed by atoms with Gasteiger partial charge in [0, 0.05) is 0 Å². The van der Waals surface area contributed by atoms with Crippen molar-refractivity contribution in [1.29, 1.82) is 0 Å². The summed E-state index contributed by atoms with van der Waals surface area (Å²) in [5, 5.41) is 7.48. The lowest BCUT2D eigenvalue weighted by molar-refractivity contribution is -0.136. The second-order valence-electron chi connectivity index (χ2n) is 6.36. The van der Waals surface area contributed by atoms with Gasteiger partial charge in [0.1, 0.15) is 12.4 Å². The Morgan fingerprint density at radius 2 is 1.62 bits per heavy atom. The monoisotopic (exact) mass is 509 g/mol. The number of halogens is 4. The third-order valence-corrected chi connectivity index (χ3v) is 5.61. The minimum atomic E-state index is -0.959. The van der Waals surface area contributed by atoms with Crippen molar-refractivity contribution in [2.24, 2.45) is 5.10 Å². The van der Waals surface area contributed by atoms with Crippen molar-refractivity contribution in [2.45, 2.75) is 6.61 Å². The minimum absolute atomic E-state index is 0.139. The molecule has 0 radical (unpaired) electrons. The number of nitrogens with zero attached hydrogens (tertiary/aromatic N) is 1. The number of nitrogens with one attached hydrogen (secondary N) is 2. The number of amides is 2. The summed E-state index contributed by atoms with van der Waals surface area (Å²) in [6.45, 7) is 0.326. The van der Waals surface area contributed by atoms with E-state index in [9.17, 15) is 9.59 Å². The van der Waals surface area contributed by atoms with E-state index in [4.69, 9.17) is 51.1 Å². The Morgan fingerprint density at radius 1 is 0.875 bits per heavy atom. The Kier molecular flexibility index (Phi) is 8.36. The fourth-order valence-electron chi connectivity index (χ4n) is 2.44. The number of carbonyl (C=O) groups is 2. The average Bonchev–Trinajstić information content (AvgIpc) is 2.78. The molecular formula is C22H15Cl4N3O3. The van der Waals surface area contributed by atoms with Crippen molar-refractivity contribution in [2.75, 3.05) is 5.32 Å². The quantitative estimate of drug-likeness (QED) is 0.243. The summed E-state index contributed by atoms with van der Waals surface area (Å²) in [7, 11) is 0. The molecule has 0 heterocycles. The summed E-state index contributed by atoms with van der Waals surface area (Å²) in [4.78, 5) is 23.9. The summed E-state index contributed by atoms with van der Waals surface area (Å²) in [6.07, 6.45) is 1.39. The molecule has 0 spiro atoms. The molecule has 0 saturated heterocycles. The highest BCUT2D eigenvalue weighted by atomic mass is 35.5. The molecule has 0 bridgehead atoms. The van der Waals surface area contributed by atoms with Gasteiger partial charge >= 0.3 is 11.8 Å². The zero-order chi connectivity index (χ0) is 23.1. The van der Waals surface area contributed by atoms with E-state index in [2.05, 4.69) is 15.8 Å². The normalized spacial score (nSPS) is 10.8. The van der Waals surface area contributed by atoms with Gasteiger partial charge in [-0.25, -0.2) is 5.43 Å². The Balaban J connectivity index is 1.49. The van der Waals surface area contributed by atoms with Crippen molar-refractivity contribution < 1.29 is 14.3 Å². The van der Waals surface area contributed by atoms with Crippen LogP contribution in [0.4, 0.5) is 5.69 Å². The number of carbonyl (C=O) groups excluding carboxylic acids is 2. The maximum atomic E-state index is 12.0. The molecule has 0 saturated carbocycles. The second-order valence-corrected chi connectivity index (χ2v) is 7.96. The van der Waals surface area contributed by atoms with Gasteiger partial charge in [-0.15, -0.1) is 0 Å². The third kappa shape index (κ3) is 6.61. The number of hydrazone groups is 1. The molecule has 2 N–H and O–H groups in total. The first-order valence-electron chi connectivity index (χ1n) is 9.08. The van der Waals surface area contributed by atoms with Crippen LogP contribution >= 0.6 is 46.4 Å². The first-order valence-corrected chi connectivity index (χ1v) is 10.6. The standard InChI is InChI=1S/C22H15Cl4N3O3/c23-16-9-6-14(10-18(16)25)12-32-15-7-4-13(5-8-15)11-27-29-22(31)21(30)28-19-3-1-2-17(24)20(19)26/h1-11H,12H2,(H,28,30)(H,29,31)/b27-11-. The summed E-state index contributed by atoms with van der Waals surface area (Å²) in [5.74, 6) is -1.26. The van der Waals surface area contributed by atoms with Crippen molar-refractivity contribution in [3.05, 3.63) is 91.9 Å². The summed E-state index contributed by atoms with van der Waals surface area (Å²) in [6, 6.07) is 16.9. The Hall–Kier alpha value is -2.77. The predicted molar refractivity (Wildman–Crippen MR) is 128 cm³/mol. The van der Waals surface area contributed by atoms with Gasteiger partial charge in [-0.3, -0.25) is 9.59 Å². The van der Waals surface area contributed by atoms with Crippen LogP contribution in [0.25, 0.3) is 0 Å². The largest absolute Gasteiger partial charge is 0.489 e. The molecule has 164 valence electrons. The van der Waals surface area contributed by atoms with Gasteiger partial charge in [0.2, 0.25) is 0 Å². The molecule has 0 aliphatic carbocycles. The first-order chi connectivity index (χ1) is 15.3. The molecule has 10 heteroatoms. The lowest BCUT2D eigenvalue weighted by atomic mass is 10.2. The molecule has 3 aromatic rings. The fourth-order valence-corrected chi connectivity index (χ4v) is 3.11. The van der Waals surface area contributed by atoms with Gasteiger partial charge in [0.05, 0.1) is 32.0 Å². The van der Waals surface area contributed by atoms with Gasteiger partial charge in [-0.2, -0.15) is 5.10 Å². The SMILES string of the molecule is O=C(N/N=C\c1ccc(OCc2ccc(Cl)c(Cl)c2)cc1)C(=O)Nc1cccc(Cl)c1Cl. The van der Waals surface area contributed by atoms with Crippen molar-refractivity contribution in [3.63, 3.8) is 0 Å². The first kappa shape index (κ1) is 23.9. The van der Waals surface area contributed by atoms with Gasteiger partial charge in [-0.05, 0) is 59.7 Å². The number of rotatable bonds is 6. The summed E-state index contributed by atoms with van der Waals surface area (Å²) < 4.78 is 5.70. The van der Waals surface area contributed by atoms with E-state index in [0.29, 0.717) is 28.0 Å². The molecular weight excluding hydrogens is 496 g/mol. The number of anilines is 1. The van der Waals surface area contributed by atoms with Crippen molar-refractivity contribution in [1.82, 2.24) is 5.43 Å².